The maximum absolute atomic E-state index is 12.8. The molecule has 0 bridgehead atoms. The summed E-state index contributed by atoms with van der Waals surface area (Å²) in [6.07, 6.45) is -3.69. The van der Waals surface area contributed by atoms with Gasteiger partial charge in [-0.2, -0.15) is 13.2 Å². The molecule has 2 rings (SSSR count). The summed E-state index contributed by atoms with van der Waals surface area (Å²) in [7, 11) is 0. The fourth-order valence-corrected chi connectivity index (χ4v) is 2.59. The average molecular weight is 343 g/mol. The van der Waals surface area contributed by atoms with E-state index in [0.717, 1.165) is 18.6 Å². The van der Waals surface area contributed by atoms with Crippen LogP contribution in [-0.4, -0.2) is 42.5 Å². The molecule has 0 radical (unpaired) electrons. The van der Waals surface area contributed by atoms with Gasteiger partial charge in [0, 0.05) is 25.3 Å². The molecule has 1 heterocycles. The summed E-state index contributed by atoms with van der Waals surface area (Å²) in [4.78, 5) is 27.2. The zero-order chi connectivity index (χ0) is 17.9. The molecular weight excluding hydrogens is 323 g/mol. The number of piperazine rings is 1. The number of anilines is 1. The Hall–Kier alpha value is -2.25. The second-order valence-electron chi connectivity index (χ2n) is 5.64. The predicted octanol–water partition coefficient (Wildman–Crippen LogP) is 2.86. The summed E-state index contributed by atoms with van der Waals surface area (Å²) in [6, 6.07) is 3.60. The van der Waals surface area contributed by atoms with Crippen molar-refractivity contribution < 1.29 is 22.8 Å². The standard InChI is InChI=1S/C16H20F3N3O2/c1-3-7-20-15(24)21-8-9-22(14(23)11(21)2)13-6-4-5-12(10-13)16(17,18)19/h4-6,10-11H,3,7-9H2,1-2H3,(H,20,24)/t11-/m1/s1. The number of nitrogens with one attached hydrogen (secondary N) is 1. The first-order valence-electron chi connectivity index (χ1n) is 7.78. The van der Waals surface area contributed by atoms with E-state index in [1.807, 2.05) is 6.92 Å². The van der Waals surface area contributed by atoms with Gasteiger partial charge in [-0.05, 0) is 31.5 Å². The molecule has 1 aliphatic rings. The van der Waals surface area contributed by atoms with Gasteiger partial charge in [0.1, 0.15) is 6.04 Å². The Morgan fingerprint density at radius 1 is 1.33 bits per heavy atom. The van der Waals surface area contributed by atoms with Gasteiger partial charge in [0.25, 0.3) is 0 Å². The van der Waals surface area contributed by atoms with Crippen LogP contribution in [0.3, 0.4) is 0 Å². The highest BCUT2D eigenvalue weighted by Crippen LogP contribution is 2.32. The van der Waals surface area contributed by atoms with Crippen molar-refractivity contribution in [2.45, 2.75) is 32.5 Å². The molecule has 0 aliphatic carbocycles. The number of carbonyl (C=O) groups is 2. The topological polar surface area (TPSA) is 52.7 Å². The van der Waals surface area contributed by atoms with E-state index in [-0.39, 0.29) is 24.8 Å². The van der Waals surface area contributed by atoms with E-state index in [0.29, 0.717) is 6.54 Å². The molecule has 132 valence electrons. The lowest BCUT2D eigenvalue weighted by molar-refractivity contribution is -0.137. The molecule has 1 aliphatic heterocycles. The summed E-state index contributed by atoms with van der Waals surface area (Å²) in [5, 5.41) is 2.70. The van der Waals surface area contributed by atoms with E-state index < -0.39 is 23.7 Å². The second kappa shape index (κ2) is 7.11. The normalized spacial score (nSPS) is 18.7. The monoisotopic (exact) mass is 343 g/mol. The molecule has 0 spiro atoms. The Morgan fingerprint density at radius 3 is 2.67 bits per heavy atom. The first-order chi connectivity index (χ1) is 11.3. The molecule has 1 aromatic carbocycles. The summed E-state index contributed by atoms with van der Waals surface area (Å²) in [5.74, 6) is -0.396. The highest BCUT2D eigenvalue weighted by atomic mass is 19.4. The third kappa shape index (κ3) is 3.80. The molecule has 0 aromatic heterocycles. The van der Waals surface area contributed by atoms with Crippen LogP contribution in [-0.2, 0) is 11.0 Å². The maximum atomic E-state index is 12.8. The summed E-state index contributed by atoms with van der Waals surface area (Å²) >= 11 is 0. The van der Waals surface area contributed by atoms with Gasteiger partial charge in [-0.1, -0.05) is 13.0 Å². The summed E-state index contributed by atoms with van der Waals surface area (Å²) in [6.45, 7) is 4.42. The van der Waals surface area contributed by atoms with E-state index in [1.54, 1.807) is 6.92 Å². The molecule has 1 atom stereocenters. The molecule has 1 saturated heterocycles. The van der Waals surface area contributed by atoms with Gasteiger partial charge in [-0.3, -0.25) is 4.79 Å². The third-order valence-electron chi connectivity index (χ3n) is 3.93. The average Bonchev–Trinajstić information content (AvgIpc) is 2.54. The first kappa shape index (κ1) is 18.1. The van der Waals surface area contributed by atoms with Gasteiger partial charge >= 0.3 is 12.2 Å². The zero-order valence-corrected chi connectivity index (χ0v) is 13.6. The minimum atomic E-state index is -4.47. The molecule has 24 heavy (non-hydrogen) atoms. The van der Waals surface area contributed by atoms with Crippen LogP contribution in [0.4, 0.5) is 23.7 Å². The zero-order valence-electron chi connectivity index (χ0n) is 13.6. The number of nitrogens with zero attached hydrogens (tertiary/aromatic N) is 2. The summed E-state index contributed by atoms with van der Waals surface area (Å²) in [5.41, 5.74) is -0.612. The largest absolute Gasteiger partial charge is 0.416 e. The fraction of sp³-hybridized carbons (Fsp3) is 0.500. The van der Waals surface area contributed by atoms with Crippen molar-refractivity contribution in [1.82, 2.24) is 10.2 Å². The van der Waals surface area contributed by atoms with Crippen molar-refractivity contribution in [1.29, 1.82) is 0 Å². The van der Waals surface area contributed by atoms with Gasteiger partial charge in [-0.25, -0.2) is 4.79 Å². The first-order valence-corrected chi connectivity index (χ1v) is 7.78. The molecule has 0 unspecified atom stereocenters. The molecular formula is C16H20F3N3O2. The number of carbonyl (C=O) groups excluding carboxylic acids is 2. The van der Waals surface area contributed by atoms with Crippen molar-refractivity contribution in [2.75, 3.05) is 24.5 Å². The van der Waals surface area contributed by atoms with Gasteiger partial charge in [0.05, 0.1) is 5.56 Å². The number of urea groups is 1. The van der Waals surface area contributed by atoms with Crippen LogP contribution in [0.25, 0.3) is 0 Å². The van der Waals surface area contributed by atoms with Crippen LogP contribution in [0.5, 0.6) is 0 Å². The van der Waals surface area contributed by atoms with Crippen molar-refractivity contribution in [3.8, 4) is 0 Å². The third-order valence-corrected chi connectivity index (χ3v) is 3.93. The highest BCUT2D eigenvalue weighted by molar-refractivity contribution is 6.00. The minimum absolute atomic E-state index is 0.157. The Bertz CT molecular complexity index is 619. The molecule has 0 saturated carbocycles. The number of amides is 3. The van der Waals surface area contributed by atoms with E-state index in [2.05, 4.69) is 5.32 Å². The van der Waals surface area contributed by atoms with Crippen LogP contribution in [0.1, 0.15) is 25.8 Å². The van der Waals surface area contributed by atoms with E-state index in [4.69, 9.17) is 0 Å². The Balaban J connectivity index is 2.16. The molecule has 1 fully saturated rings. The molecule has 5 nitrogen and oxygen atoms in total. The smallest absolute Gasteiger partial charge is 0.338 e. The molecule has 1 aromatic rings. The van der Waals surface area contributed by atoms with Gasteiger partial charge in [0.2, 0.25) is 5.91 Å². The van der Waals surface area contributed by atoms with E-state index in [9.17, 15) is 22.8 Å². The van der Waals surface area contributed by atoms with Crippen LogP contribution in [0, 0.1) is 0 Å². The summed E-state index contributed by atoms with van der Waals surface area (Å²) < 4.78 is 38.5. The van der Waals surface area contributed by atoms with Crippen LogP contribution >= 0.6 is 0 Å². The minimum Gasteiger partial charge on any atom is -0.338 e. The molecule has 3 amide bonds. The quantitative estimate of drug-likeness (QED) is 0.918. The van der Waals surface area contributed by atoms with Crippen molar-refractivity contribution in [2.24, 2.45) is 0 Å². The van der Waals surface area contributed by atoms with E-state index in [1.165, 1.54) is 21.9 Å². The van der Waals surface area contributed by atoms with Crippen LogP contribution in [0.15, 0.2) is 24.3 Å². The van der Waals surface area contributed by atoms with Crippen molar-refractivity contribution >= 4 is 17.6 Å². The van der Waals surface area contributed by atoms with Crippen molar-refractivity contribution in [3.63, 3.8) is 0 Å². The maximum Gasteiger partial charge on any atom is 0.416 e. The Morgan fingerprint density at radius 2 is 2.04 bits per heavy atom. The van der Waals surface area contributed by atoms with Gasteiger partial charge < -0.3 is 15.1 Å². The van der Waals surface area contributed by atoms with E-state index >= 15 is 0 Å². The van der Waals surface area contributed by atoms with Crippen molar-refractivity contribution in [3.05, 3.63) is 29.8 Å². The second-order valence-corrected chi connectivity index (χ2v) is 5.64. The number of rotatable bonds is 3. The Labute approximate surface area is 138 Å². The lowest BCUT2D eigenvalue weighted by Gasteiger charge is -2.39. The number of hydrogen-bond acceptors (Lipinski definition) is 2. The fourth-order valence-electron chi connectivity index (χ4n) is 2.59. The number of hydrogen-bond donors (Lipinski definition) is 1. The molecule has 8 heteroatoms. The SMILES string of the molecule is CCCNC(=O)N1CCN(c2cccc(C(F)(F)F)c2)C(=O)[C@H]1C. The predicted molar refractivity (Wildman–Crippen MR) is 83.7 cm³/mol. The van der Waals surface area contributed by atoms with Crippen LogP contribution in [0.2, 0.25) is 0 Å². The lowest BCUT2D eigenvalue weighted by atomic mass is 10.1. The molecule has 1 N–H and O–H groups in total. The lowest BCUT2D eigenvalue weighted by Crippen LogP contribution is -2.59. The van der Waals surface area contributed by atoms with Gasteiger partial charge in [-0.15, -0.1) is 0 Å². The Kier molecular flexibility index (Phi) is 5.36. The highest BCUT2D eigenvalue weighted by Gasteiger charge is 2.36. The van der Waals surface area contributed by atoms with Crippen LogP contribution < -0.4 is 10.2 Å². The number of benzene rings is 1. The number of alkyl halides is 3. The van der Waals surface area contributed by atoms with Gasteiger partial charge in [0.15, 0.2) is 0 Å². The number of halogens is 3.